The van der Waals surface area contributed by atoms with Crippen LogP contribution in [0, 0.1) is 11.7 Å². The predicted molar refractivity (Wildman–Crippen MR) is 163 cm³/mol. The van der Waals surface area contributed by atoms with Gasteiger partial charge < -0.3 is 32.6 Å². The first-order chi connectivity index (χ1) is 20.3. The molecule has 1 atom stereocenters. The SMILES string of the molecule is NC(N)=Nc1ccc(C[C@H](N)C(=O)Nc2ccc(C(=O)NCCC3CCCCC3)c(OCc3ccc(F)cc3)c2)cc1. The van der Waals surface area contributed by atoms with Crippen LogP contribution in [0.25, 0.3) is 0 Å². The van der Waals surface area contributed by atoms with E-state index < -0.39 is 11.9 Å². The number of guanidine groups is 1. The van der Waals surface area contributed by atoms with E-state index in [1.54, 1.807) is 54.6 Å². The van der Waals surface area contributed by atoms with Crippen molar-refractivity contribution in [3.63, 3.8) is 0 Å². The van der Waals surface area contributed by atoms with Gasteiger partial charge in [0.05, 0.1) is 17.3 Å². The van der Waals surface area contributed by atoms with Gasteiger partial charge in [-0.2, -0.15) is 0 Å². The second-order valence-corrected chi connectivity index (χ2v) is 10.7. The third-order valence-corrected chi connectivity index (χ3v) is 7.35. The summed E-state index contributed by atoms with van der Waals surface area (Å²) in [5.74, 6) is -0.0798. The number of hydrogen-bond acceptors (Lipinski definition) is 5. The van der Waals surface area contributed by atoms with Gasteiger partial charge in [0.2, 0.25) is 5.91 Å². The quantitative estimate of drug-likeness (QED) is 0.158. The Hall–Kier alpha value is -4.44. The van der Waals surface area contributed by atoms with Gasteiger partial charge in [-0.25, -0.2) is 9.38 Å². The molecular formula is C32H39FN6O3. The van der Waals surface area contributed by atoms with E-state index in [0.717, 1.165) is 17.5 Å². The Morgan fingerprint density at radius 2 is 1.64 bits per heavy atom. The fraction of sp³-hybridized carbons (Fsp3) is 0.344. The van der Waals surface area contributed by atoms with Gasteiger partial charge in [-0.3, -0.25) is 9.59 Å². The topological polar surface area (TPSA) is 158 Å². The van der Waals surface area contributed by atoms with E-state index in [9.17, 15) is 14.0 Å². The number of nitrogens with one attached hydrogen (secondary N) is 2. The molecule has 0 bridgehead atoms. The molecule has 222 valence electrons. The summed E-state index contributed by atoms with van der Waals surface area (Å²) in [5, 5.41) is 5.83. The van der Waals surface area contributed by atoms with Crippen LogP contribution in [0.15, 0.2) is 71.7 Å². The van der Waals surface area contributed by atoms with E-state index in [0.29, 0.717) is 41.6 Å². The lowest BCUT2D eigenvalue weighted by atomic mass is 9.87. The number of nitrogens with two attached hydrogens (primary N) is 3. The molecule has 0 heterocycles. The van der Waals surface area contributed by atoms with Gasteiger partial charge in [0.15, 0.2) is 5.96 Å². The van der Waals surface area contributed by atoms with Crippen molar-refractivity contribution < 1.29 is 18.7 Å². The fourth-order valence-corrected chi connectivity index (χ4v) is 5.05. The first kappa shape index (κ1) is 30.5. The molecule has 42 heavy (non-hydrogen) atoms. The standard InChI is InChI=1S/C32H39FN6O3/c33-24-10-6-23(7-11-24)20-42-29-19-26(14-15-27(29)30(40)37-17-16-21-4-2-1-3-5-21)38-31(41)28(34)18-22-8-12-25(13-9-22)39-32(35)36/h6-15,19,21,28H,1-5,16-18,20,34H2,(H,37,40)(H,38,41)(H4,35,36,39)/t28-/m0/s1. The lowest BCUT2D eigenvalue weighted by Crippen LogP contribution is -2.37. The van der Waals surface area contributed by atoms with Crippen molar-refractivity contribution in [2.24, 2.45) is 28.1 Å². The Balaban J connectivity index is 1.42. The maximum absolute atomic E-state index is 13.4. The van der Waals surface area contributed by atoms with Gasteiger partial charge in [0.1, 0.15) is 18.2 Å². The molecule has 3 aromatic carbocycles. The monoisotopic (exact) mass is 574 g/mol. The highest BCUT2D eigenvalue weighted by atomic mass is 19.1. The molecule has 1 aliphatic rings. The van der Waals surface area contributed by atoms with Gasteiger partial charge in [-0.05, 0) is 66.3 Å². The van der Waals surface area contributed by atoms with E-state index >= 15 is 0 Å². The lowest BCUT2D eigenvalue weighted by molar-refractivity contribution is -0.117. The molecule has 0 saturated heterocycles. The number of carbonyl (C=O) groups excluding carboxylic acids is 2. The largest absolute Gasteiger partial charge is 0.488 e. The highest BCUT2D eigenvalue weighted by molar-refractivity contribution is 5.99. The van der Waals surface area contributed by atoms with E-state index in [1.807, 2.05) is 0 Å². The van der Waals surface area contributed by atoms with Gasteiger partial charge in [-0.15, -0.1) is 0 Å². The zero-order valence-electron chi connectivity index (χ0n) is 23.7. The molecule has 2 amide bonds. The number of ether oxygens (including phenoxy) is 1. The summed E-state index contributed by atoms with van der Waals surface area (Å²) < 4.78 is 19.4. The number of rotatable bonds is 12. The summed E-state index contributed by atoms with van der Waals surface area (Å²) in [5.41, 5.74) is 20.0. The Morgan fingerprint density at radius 3 is 2.33 bits per heavy atom. The van der Waals surface area contributed by atoms with Crippen LogP contribution in [0.1, 0.15) is 60.0 Å². The average molecular weight is 575 g/mol. The second kappa shape index (κ2) is 15.0. The maximum atomic E-state index is 13.4. The zero-order chi connectivity index (χ0) is 29.9. The molecule has 8 N–H and O–H groups in total. The molecule has 4 rings (SSSR count). The minimum Gasteiger partial charge on any atom is -0.488 e. The van der Waals surface area contributed by atoms with Crippen LogP contribution in [0.3, 0.4) is 0 Å². The second-order valence-electron chi connectivity index (χ2n) is 10.7. The summed E-state index contributed by atoms with van der Waals surface area (Å²) in [6.07, 6.45) is 7.46. The van der Waals surface area contributed by atoms with Gasteiger partial charge >= 0.3 is 0 Å². The molecule has 10 heteroatoms. The summed E-state index contributed by atoms with van der Waals surface area (Å²) >= 11 is 0. The molecule has 0 aliphatic heterocycles. The van der Waals surface area contributed by atoms with Gasteiger partial charge in [0.25, 0.3) is 5.91 Å². The van der Waals surface area contributed by atoms with Crippen molar-refractivity contribution >= 4 is 29.1 Å². The molecular weight excluding hydrogens is 535 g/mol. The molecule has 0 aromatic heterocycles. The van der Waals surface area contributed by atoms with Crippen molar-refractivity contribution in [3.8, 4) is 5.75 Å². The molecule has 0 radical (unpaired) electrons. The first-order valence-corrected chi connectivity index (χ1v) is 14.3. The number of aliphatic imine (C=N–C) groups is 1. The number of anilines is 1. The summed E-state index contributed by atoms with van der Waals surface area (Å²) in [7, 11) is 0. The summed E-state index contributed by atoms with van der Waals surface area (Å²) in [4.78, 5) is 30.0. The van der Waals surface area contributed by atoms with Crippen LogP contribution in [0.4, 0.5) is 15.8 Å². The van der Waals surface area contributed by atoms with Crippen LogP contribution in [-0.4, -0.2) is 30.4 Å². The molecule has 0 spiro atoms. The van der Waals surface area contributed by atoms with Gasteiger partial charge in [-0.1, -0.05) is 56.4 Å². The van der Waals surface area contributed by atoms with Crippen molar-refractivity contribution in [1.82, 2.24) is 5.32 Å². The Kier molecular flexibility index (Phi) is 10.9. The molecule has 1 aliphatic carbocycles. The highest BCUT2D eigenvalue weighted by Crippen LogP contribution is 2.27. The number of halogens is 1. The molecule has 1 saturated carbocycles. The Labute approximate surface area is 245 Å². The summed E-state index contributed by atoms with van der Waals surface area (Å²) in [6.45, 7) is 0.705. The minimum absolute atomic E-state index is 0.0391. The zero-order valence-corrected chi connectivity index (χ0v) is 23.7. The molecule has 3 aromatic rings. The molecule has 1 fully saturated rings. The van der Waals surface area contributed by atoms with Crippen LogP contribution < -0.4 is 32.6 Å². The van der Waals surface area contributed by atoms with Crippen LogP contribution >= 0.6 is 0 Å². The Bertz CT molecular complexity index is 1370. The minimum atomic E-state index is -0.828. The normalized spacial score (nSPS) is 14.0. The number of benzene rings is 3. The maximum Gasteiger partial charge on any atom is 0.255 e. The average Bonchev–Trinajstić information content (AvgIpc) is 2.98. The number of nitrogens with zero attached hydrogens (tertiary/aromatic N) is 1. The smallest absolute Gasteiger partial charge is 0.255 e. The summed E-state index contributed by atoms with van der Waals surface area (Å²) in [6, 6.07) is 17.1. The van der Waals surface area contributed by atoms with Gasteiger partial charge in [0, 0.05) is 18.3 Å². The van der Waals surface area contributed by atoms with Crippen molar-refractivity contribution in [2.75, 3.05) is 11.9 Å². The van der Waals surface area contributed by atoms with Crippen LogP contribution in [0.5, 0.6) is 5.75 Å². The number of carbonyl (C=O) groups is 2. The number of hydrogen-bond donors (Lipinski definition) is 5. The lowest BCUT2D eigenvalue weighted by Gasteiger charge is -2.21. The number of amides is 2. The highest BCUT2D eigenvalue weighted by Gasteiger charge is 2.19. The van der Waals surface area contributed by atoms with Crippen molar-refractivity contribution in [1.29, 1.82) is 0 Å². The van der Waals surface area contributed by atoms with E-state index in [-0.39, 0.29) is 24.3 Å². The Morgan fingerprint density at radius 1 is 0.952 bits per heavy atom. The molecule has 0 unspecified atom stereocenters. The van der Waals surface area contributed by atoms with E-state index in [4.69, 9.17) is 21.9 Å². The fourth-order valence-electron chi connectivity index (χ4n) is 5.05. The third-order valence-electron chi connectivity index (χ3n) is 7.35. The van der Waals surface area contributed by atoms with Crippen molar-refractivity contribution in [2.45, 2.75) is 57.6 Å². The van der Waals surface area contributed by atoms with Crippen LogP contribution in [0.2, 0.25) is 0 Å². The van der Waals surface area contributed by atoms with Crippen molar-refractivity contribution in [3.05, 3.63) is 89.2 Å². The first-order valence-electron chi connectivity index (χ1n) is 14.3. The van der Waals surface area contributed by atoms with Crippen LogP contribution in [-0.2, 0) is 17.8 Å². The van der Waals surface area contributed by atoms with E-state index in [1.165, 1.54) is 44.2 Å². The predicted octanol–water partition coefficient (Wildman–Crippen LogP) is 4.52. The third kappa shape index (κ3) is 9.31. The molecule has 9 nitrogen and oxygen atoms in total. The van der Waals surface area contributed by atoms with E-state index in [2.05, 4.69) is 15.6 Å².